The van der Waals surface area contributed by atoms with Crippen molar-refractivity contribution in [2.75, 3.05) is 32.1 Å². The molecule has 2 aliphatic rings. The number of hydrogen-bond acceptors (Lipinski definition) is 3. The first-order valence-electron chi connectivity index (χ1n) is 7.15. The highest BCUT2D eigenvalue weighted by molar-refractivity contribution is 7.98. The summed E-state index contributed by atoms with van der Waals surface area (Å²) in [5.41, 5.74) is 0. The first-order valence-corrected chi connectivity index (χ1v) is 8.54. The molecule has 2 fully saturated rings. The van der Waals surface area contributed by atoms with Crippen molar-refractivity contribution in [3.05, 3.63) is 0 Å². The van der Waals surface area contributed by atoms with Gasteiger partial charge in [-0.15, -0.1) is 0 Å². The zero-order valence-electron chi connectivity index (χ0n) is 11.6. The van der Waals surface area contributed by atoms with Gasteiger partial charge in [-0.05, 0) is 63.6 Å². The normalized spacial score (nSPS) is 34.2. The van der Waals surface area contributed by atoms with Gasteiger partial charge in [0, 0.05) is 18.6 Å². The number of nitrogens with zero attached hydrogens (tertiary/aromatic N) is 1. The highest BCUT2D eigenvalue weighted by Crippen LogP contribution is 2.37. The molecule has 1 saturated heterocycles. The highest BCUT2D eigenvalue weighted by atomic mass is 32.2. The maximum atomic E-state index is 3.75. The molecule has 2 nitrogen and oxygen atoms in total. The van der Waals surface area contributed by atoms with Crippen LogP contribution in [0.2, 0.25) is 0 Å². The SMILES string of the molecule is CSCCC(C)N(C)CC1NCC2CCCC21. The van der Waals surface area contributed by atoms with Crippen LogP contribution in [0.15, 0.2) is 0 Å². The van der Waals surface area contributed by atoms with Gasteiger partial charge < -0.3 is 10.2 Å². The Labute approximate surface area is 111 Å². The Hall–Kier alpha value is 0.270. The molecule has 4 atom stereocenters. The van der Waals surface area contributed by atoms with Gasteiger partial charge in [0.2, 0.25) is 0 Å². The topological polar surface area (TPSA) is 15.3 Å². The zero-order valence-corrected chi connectivity index (χ0v) is 12.4. The molecule has 0 amide bonds. The van der Waals surface area contributed by atoms with Crippen LogP contribution in [0.3, 0.4) is 0 Å². The first-order chi connectivity index (χ1) is 8.22. The zero-order chi connectivity index (χ0) is 12.3. The largest absolute Gasteiger partial charge is 0.312 e. The van der Waals surface area contributed by atoms with Crippen molar-refractivity contribution in [1.82, 2.24) is 10.2 Å². The minimum atomic E-state index is 0.727. The van der Waals surface area contributed by atoms with Crippen LogP contribution in [0.1, 0.15) is 32.6 Å². The van der Waals surface area contributed by atoms with Gasteiger partial charge in [-0.25, -0.2) is 0 Å². The Balaban J connectivity index is 1.76. The van der Waals surface area contributed by atoms with Crippen LogP contribution < -0.4 is 5.32 Å². The Morgan fingerprint density at radius 2 is 2.24 bits per heavy atom. The van der Waals surface area contributed by atoms with Gasteiger partial charge in [0.05, 0.1) is 0 Å². The van der Waals surface area contributed by atoms with Gasteiger partial charge in [-0.3, -0.25) is 0 Å². The minimum absolute atomic E-state index is 0.727. The Kier molecular flexibility index (Phi) is 5.19. The molecule has 1 saturated carbocycles. The molecule has 100 valence electrons. The summed E-state index contributed by atoms with van der Waals surface area (Å²) in [6.07, 6.45) is 7.93. The van der Waals surface area contributed by atoms with Gasteiger partial charge in [0.1, 0.15) is 0 Å². The van der Waals surface area contributed by atoms with Gasteiger partial charge in [0.15, 0.2) is 0 Å². The van der Waals surface area contributed by atoms with Crippen molar-refractivity contribution < 1.29 is 0 Å². The lowest BCUT2D eigenvalue weighted by Crippen LogP contribution is -2.42. The van der Waals surface area contributed by atoms with Crippen molar-refractivity contribution in [2.45, 2.75) is 44.7 Å². The molecule has 0 radical (unpaired) electrons. The monoisotopic (exact) mass is 256 g/mol. The third-order valence-corrected chi connectivity index (χ3v) is 5.50. The lowest BCUT2D eigenvalue weighted by atomic mass is 9.93. The van der Waals surface area contributed by atoms with Crippen molar-refractivity contribution in [1.29, 1.82) is 0 Å². The number of thioether (sulfide) groups is 1. The lowest BCUT2D eigenvalue weighted by molar-refractivity contribution is 0.211. The molecule has 0 aromatic carbocycles. The van der Waals surface area contributed by atoms with Crippen LogP contribution >= 0.6 is 11.8 Å². The number of nitrogens with one attached hydrogen (secondary N) is 1. The van der Waals surface area contributed by atoms with Crippen LogP contribution in [0.5, 0.6) is 0 Å². The van der Waals surface area contributed by atoms with E-state index < -0.39 is 0 Å². The van der Waals surface area contributed by atoms with E-state index in [-0.39, 0.29) is 0 Å². The average Bonchev–Trinajstić information content (AvgIpc) is 2.90. The standard InChI is InChI=1S/C14H28N2S/c1-11(7-8-17-3)16(2)10-14-13-6-4-5-12(13)9-15-14/h11-15H,4-10H2,1-3H3. The van der Waals surface area contributed by atoms with E-state index in [0.29, 0.717) is 0 Å². The summed E-state index contributed by atoms with van der Waals surface area (Å²) >= 11 is 1.96. The van der Waals surface area contributed by atoms with Crippen molar-refractivity contribution >= 4 is 11.8 Å². The predicted molar refractivity (Wildman–Crippen MR) is 77.7 cm³/mol. The molecule has 0 bridgehead atoms. The van der Waals surface area contributed by atoms with E-state index in [9.17, 15) is 0 Å². The third-order valence-electron chi connectivity index (χ3n) is 4.85. The first kappa shape index (κ1) is 13.7. The van der Waals surface area contributed by atoms with Crippen LogP contribution in [-0.2, 0) is 0 Å². The van der Waals surface area contributed by atoms with Gasteiger partial charge in [-0.2, -0.15) is 11.8 Å². The molecular formula is C14H28N2S. The second-order valence-electron chi connectivity index (χ2n) is 5.94. The van der Waals surface area contributed by atoms with Crippen molar-refractivity contribution in [2.24, 2.45) is 11.8 Å². The Morgan fingerprint density at radius 1 is 1.41 bits per heavy atom. The van der Waals surface area contributed by atoms with Gasteiger partial charge >= 0.3 is 0 Å². The summed E-state index contributed by atoms with van der Waals surface area (Å²) in [6.45, 7) is 4.90. The van der Waals surface area contributed by atoms with Gasteiger partial charge in [-0.1, -0.05) is 6.42 Å². The quantitative estimate of drug-likeness (QED) is 0.786. The van der Waals surface area contributed by atoms with E-state index in [1.807, 2.05) is 11.8 Å². The molecule has 4 unspecified atom stereocenters. The fourth-order valence-corrected chi connectivity index (χ4v) is 4.08. The number of hydrogen-bond donors (Lipinski definition) is 1. The van der Waals surface area contributed by atoms with Crippen molar-refractivity contribution in [3.8, 4) is 0 Å². The predicted octanol–water partition coefficient (Wildman–Crippen LogP) is 2.45. The summed E-state index contributed by atoms with van der Waals surface area (Å²) in [6, 6.07) is 1.49. The molecule has 0 aromatic rings. The molecule has 1 aliphatic carbocycles. The fraction of sp³-hybridized carbons (Fsp3) is 1.00. The molecular weight excluding hydrogens is 228 g/mol. The maximum absolute atomic E-state index is 3.75. The van der Waals surface area contributed by atoms with Crippen LogP contribution in [0.25, 0.3) is 0 Å². The molecule has 3 heteroatoms. The lowest BCUT2D eigenvalue weighted by Gasteiger charge is -2.29. The Morgan fingerprint density at radius 3 is 3.00 bits per heavy atom. The highest BCUT2D eigenvalue weighted by Gasteiger charge is 2.39. The molecule has 0 aromatic heterocycles. The van der Waals surface area contributed by atoms with Gasteiger partial charge in [0.25, 0.3) is 0 Å². The summed E-state index contributed by atoms with van der Waals surface area (Å²) < 4.78 is 0. The Bertz CT molecular complexity index is 234. The van der Waals surface area contributed by atoms with E-state index in [2.05, 4.69) is 30.4 Å². The average molecular weight is 256 g/mol. The third kappa shape index (κ3) is 3.39. The van der Waals surface area contributed by atoms with E-state index in [4.69, 9.17) is 0 Å². The molecule has 1 heterocycles. The molecule has 0 spiro atoms. The summed E-state index contributed by atoms with van der Waals surface area (Å²) in [7, 11) is 2.30. The van der Waals surface area contributed by atoms with Crippen molar-refractivity contribution in [3.63, 3.8) is 0 Å². The van der Waals surface area contributed by atoms with Crippen LogP contribution in [-0.4, -0.2) is 49.1 Å². The van der Waals surface area contributed by atoms with E-state index in [1.54, 1.807) is 0 Å². The summed E-state index contributed by atoms with van der Waals surface area (Å²) in [5.74, 6) is 3.26. The van der Waals surface area contributed by atoms with E-state index >= 15 is 0 Å². The van der Waals surface area contributed by atoms with E-state index in [0.717, 1.165) is 23.9 Å². The fourth-order valence-electron chi connectivity index (χ4n) is 3.50. The molecule has 2 rings (SSSR count). The summed E-state index contributed by atoms with van der Waals surface area (Å²) in [4.78, 5) is 2.56. The van der Waals surface area contributed by atoms with Crippen LogP contribution in [0, 0.1) is 11.8 Å². The summed E-state index contributed by atoms with van der Waals surface area (Å²) in [5, 5.41) is 3.75. The molecule has 1 aliphatic heterocycles. The number of rotatable bonds is 6. The van der Waals surface area contributed by atoms with Crippen LogP contribution in [0.4, 0.5) is 0 Å². The number of fused-ring (bicyclic) bond motifs is 1. The van der Waals surface area contributed by atoms with E-state index in [1.165, 1.54) is 44.5 Å². The second-order valence-corrected chi connectivity index (χ2v) is 6.93. The second kappa shape index (κ2) is 6.44. The molecule has 17 heavy (non-hydrogen) atoms. The minimum Gasteiger partial charge on any atom is -0.312 e. The smallest absolute Gasteiger partial charge is 0.0226 e. The number of likely N-dealkylation sites (N-methyl/N-ethyl adjacent to an activating group) is 1. The molecule has 1 N–H and O–H groups in total. The maximum Gasteiger partial charge on any atom is 0.0226 e.